The molecule has 0 radical (unpaired) electrons. The van der Waals surface area contributed by atoms with Gasteiger partial charge in [-0.05, 0) is 44.0 Å². The number of pyridine rings is 1. The van der Waals surface area contributed by atoms with Crippen molar-refractivity contribution in [2.24, 2.45) is 5.92 Å². The van der Waals surface area contributed by atoms with Gasteiger partial charge >= 0.3 is 0 Å². The van der Waals surface area contributed by atoms with E-state index in [1.165, 1.54) is 0 Å². The molecule has 22 heavy (non-hydrogen) atoms. The molecule has 1 aliphatic heterocycles. The third-order valence-corrected chi connectivity index (χ3v) is 5.81. The molecule has 1 fully saturated rings. The molecule has 0 atom stereocenters. The lowest BCUT2D eigenvalue weighted by atomic mass is 10.0. The van der Waals surface area contributed by atoms with E-state index in [9.17, 15) is 8.42 Å². The van der Waals surface area contributed by atoms with E-state index in [1.54, 1.807) is 10.6 Å². The number of rotatable bonds is 5. The molecular formula is C14H19ClN4O2S. The average Bonchev–Trinajstić information content (AvgIpc) is 2.83. The van der Waals surface area contributed by atoms with E-state index in [1.807, 2.05) is 18.2 Å². The molecule has 3 heterocycles. The number of fused-ring (bicyclic) bond motifs is 1. The molecule has 2 aromatic heterocycles. The number of nitrogens with one attached hydrogen (secondary N) is 2. The molecule has 6 nitrogen and oxygen atoms in total. The molecule has 120 valence electrons. The number of nitrogens with zero attached hydrogens (tertiary/aromatic N) is 2. The van der Waals surface area contributed by atoms with Crippen LogP contribution >= 0.6 is 11.6 Å². The summed E-state index contributed by atoms with van der Waals surface area (Å²) in [4.78, 5) is 4.36. The highest BCUT2D eigenvalue weighted by Gasteiger charge is 2.21. The van der Waals surface area contributed by atoms with Crippen LogP contribution in [0.25, 0.3) is 5.65 Å². The molecule has 0 amide bonds. The van der Waals surface area contributed by atoms with Crippen LogP contribution in [0.5, 0.6) is 0 Å². The molecule has 1 aliphatic rings. The Morgan fingerprint density at radius 1 is 1.36 bits per heavy atom. The average molecular weight is 343 g/mol. The van der Waals surface area contributed by atoms with Crippen LogP contribution in [0, 0.1) is 5.92 Å². The van der Waals surface area contributed by atoms with Crippen LogP contribution < -0.4 is 10.0 Å². The van der Waals surface area contributed by atoms with Crippen molar-refractivity contribution in [2.75, 3.05) is 18.8 Å². The number of aromatic nitrogens is 2. The Kier molecular flexibility index (Phi) is 4.67. The van der Waals surface area contributed by atoms with Gasteiger partial charge in [-0.1, -0.05) is 17.7 Å². The van der Waals surface area contributed by atoms with E-state index in [0.29, 0.717) is 16.5 Å². The van der Waals surface area contributed by atoms with Gasteiger partial charge in [-0.3, -0.25) is 4.40 Å². The van der Waals surface area contributed by atoms with E-state index >= 15 is 0 Å². The molecule has 0 spiro atoms. The number of imidazole rings is 1. The molecule has 0 saturated carbocycles. The van der Waals surface area contributed by atoms with Gasteiger partial charge in [0.1, 0.15) is 10.8 Å². The first kappa shape index (κ1) is 15.7. The van der Waals surface area contributed by atoms with Gasteiger partial charge in [-0.15, -0.1) is 0 Å². The van der Waals surface area contributed by atoms with Gasteiger partial charge in [0.2, 0.25) is 10.0 Å². The molecule has 2 N–H and O–H groups in total. The maximum absolute atomic E-state index is 12.2. The zero-order chi connectivity index (χ0) is 15.6. The molecule has 3 rings (SSSR count). The van der Waals surface area contributed by atoms with Gasteiger partial charge in [0.25, 0.3) is 0 Å². The number of sulfonamides is 1. The van der Waals surface area contributed by atoms with Gasteiger partial charge in [0.15, 0.2) is 0 Å². The van der Waals surface area contributed by atoms with Crippen LogP contribution in [-0.2, 0) is 16.6 Å². The summed E-state index contributed by atoms with van der Waals surface area (Å²) in [6, 6.07) is 5.55. The molecule has 1 saturated heterocycles. The van der Waals surface area contributed by atoms with Crippen molar-refractivity contribution in [3.05, 3.63) is 35.2 Å². The van der Waals surface area contributed by atoms with Gasteiger partial charge in [0, 0.05) is 6.20 Å². The zero-order valence-electron chi connectivity index (χ0n) is 12.1. The third kappa shape index (κ3) is 3.60. The Bertz CT molecular complexity index is 753. The van der Waals surface area contributed by atoms with E-state index in [-0.39, 0.29) is 18.2 Å². The summed E-state index contributed by atoms with van der Waals surface area (Å²) in [5.41, 5.74) is 1.25. The first-order valence-electron chi connectivity index (χ1n) is 7.35. The highest BCUT2D eigenvalue weighted by atomic mass is 35.5. The monoisotopic (exact) mass is 342 g/mol. The normalized spacial score (nSPS) is 17.1. The quantitative estimate of drug-likeness (QED) is 0.861. The molecule has 0 aliphatic carbocycles. The molecular weight excluding hydrogens is 324 g/mol. The van der Waals surface area contributed by atoms with Crippen molar-refractivity contribution in [3.63, 3.8) is 0 Å². The molecule has 0 unspecified atom stereocenters. The fraction of sp³-hybridized carbons (Fsp3) is 0.500. The molecule has 2 aromatic rings. The predicted octanol–water partition coefficient (Wildman–Crippen LogP) is 1.41. The smallest absolute Gasteiger partial charge is 0.212 e. The lowest BCUT2D eigenvalue weighted by Crippen LogP contribution is -2.35. The lowest BCUT2D eigenvalue weighted by molar-refractivity contribution is 0.400. The van der Waals surface area contributed by atoms with Crippen molar-refractivity contribution in [2.45, 2.75) is 19.4 Å². The maximum Gasteiger partial charge on any atom is 0.212 e. The minimum Gasteiger partial charge on any atom is -0.317 e. The summed E-state index contributed by atoms with van der Waals surface area (Å²) < 4.78 is 28.7. The lowest BCUT2D eigenvalue weighted by Gasteiger charge is -2.22. The van der Waals surface area contributed by atoms with Gasteiger partial charge in [0.05, 0.1) is 18.0 Å². The van der Waals surface area contributed by atoms with E-state index in [2.05, 4.69) is 15.0 Å². The van der Waals surface area contributed by atoms with E-state index in [0.717, 1.165) is 25.9 Å². The standard InChI is InChI=1S/C14H19ClN4O2S/c15-14-12(18-13-3-1-2-8-19(13)14)9-17-22(20,21)10-11-4-6-16-7-5-11/h1-3,8,11,16-17H,4-7,9-10H2. The Morgan fingerprint density at radius 3 is 2.86 bits per heavy atom. The van der Waals surface area contributed by atoms with Crippen molar-refractivity contribution < 1.29 is 8.42 Å². The predicted molar refractivity (Wildman–Crippen MR) is 86.4 cm³/mol. The summed E-state index contributed by atoms with van der Waals surface area (Å²) in [5.74, 6) is 0.384. The van der Waals surface area contributed by atoms with Crippen molar-refractivity contribution >= 4 is 27.3 Å². The largest absolute Gasteiger partial charge is 0.317 e. The SMILES string of the molecule is O=S(=O)(CC1CCNCC1)NCc1nc2ccccn2c1Cl. The Balaban J connectivity index is 1.66. The van der Waals surface area contributed by atoms with Crippen LogP contribution in [-0.4, -0.2) is 36.6 Å². The minimum absolute atomic E-state index is 0.119. The second kappa shape index (κ2) is 6.54. The fourth-order valence-corrected chi connectivity index (χ4v) is 4.40. The van der Waals surface area contributed by atoms with Crippen molar-refractivity contribution in [1.29, 1.82) is 0 Å². The van der Waals surface area contributed by atoms with Crippen molar-refractivity contribution in [3.8, 4) is 0 Å². The first-order valence-corrected chi connectivity index (χ1v) is 9.38. The highest BCUT2D eigenvalue weighted by Crippen LogP contribution is 2.18. The third-order valence-electron chi connectivity index (χ3n) is 3.91. The fourth-order valence-electron chi connectivity index (χ4n) is 2.72. The zero-order valence-corrected chi connectivity index (χ0v) is 13.7. The number of halogens is 1. The van der Waals surface area contributed by atoms with Crippen LogP contribution in [0.4, 0.5) is 0 Å². The van der Waals surface area contributed by atoms with Crippen LogP contribution in [0.2, 0.25) is 5.15 Å². The molecule has 8 heteroatoms. The summed E-state index contributed by atoms with van der Waals surface area (Å²) in [6.07, 6.45) is 3.60. The minimum atomic E-state index is -3.32. The van der Waals surface area contributed by atoms with E-state index in [4.69, 9.17) is 11.6 Å². The molecule has 0 bridgehead atoms. The van der Waals surface area contributed by atoms with Gasteiger partial charge < -0.3 is 5.32 Å². The second-order valence-corrected chi connectivity index (χ2v) is 7.78. The van der Waals surface area contributed by atoms with Gasteiger partial charge in [-0.2, -0.15) is 0 Å². The second-order valence-electron chi connectivity index (χ2n) is 5.57. The van der Waals surface area contributed by atoms with Crippen LogP contribution in [0.1, 0.15) is 18.5 Å². The summed E-state index contributed by atoms with van der Waals surface area (Å²) in [6.45, 7) is 1.89. The highest BCUT2D eigenvalue weighted by molar-refractivity contribution is 7.89. The van der Waals surface area contributed by atoms with E-state index < -0.39 is 10.0 Å². The summed E-state index contributed by atoms with van der Waals surface area (Å²) in [5, 5.41) is 3.68. The maximum atomic E-state index is 12.2. The van der Waals surface area contributed by atoms with Crippen molar-refractivity contribution in [1.82, 2.24) is 19.4 Å². The Hall–Kier alpha value is -1.15. The topological polar surface area (TPSA) is 75.5 Å². The molecule has 0 aromatic carbocycles. The van der Waals surface area contributed by atoms with Crippen LogP contribution in [0.3, 0.4) is 0 Å². The number of hydrogen-bond acceptors (Lipinski definition) is 4. The first-order chi connectivity index (χ1) is 10.6. The van der Waals surface area contributed by atoms with Gasteiger partial charge in [-0.25, -0.2) is 18.1 Å². The Labute approximate surface area is 134 Å². The summed E-state index contributed by atoms with van der Waals surface area (Å²) in [7, 11) is -3.32. The Morgan fingerprint density at radius 2 is 2.14 bits per heavy atom. The number of piperidine rings is 1. The number of hydrogen-bond donors (Lipinski definition) is 2. The van der Waals surface area contributed by atoms with Crippen LogP contribution in [0.15, 0.2) is 24.4 Å². The summed E-state index contributed by atoms with van der Waals surface area (Å²) >= 11 is 6.24.